The third-order valence-electron chi connectivity index (χ3n) is 2.65. The zero-order chi connectivity index (χ0) is 15.2. The second-order valence-corrected chi connectivity index (χ2v) is 6.44. The van der Waals surface area contributed by atoms with Gasteiger partial charge in [-0.15, -0.1) is 0 Å². The molecule has 110 valence electrons. The predicted molar refractivity (Wildman–Crippen MR) is 94.0 cm³/mol. The van der Waals surface area contributed by atoms with Gasteiger partial charge in [0.05, 0.1) is 16.6 Å². The van der Waals surface area contributed by atoms with Gasteiger partial charge in [-0.1, -0.05) is 6.92 Å². The summed E-state index contributed by atoms with van der Waals surface area (Å²) in [5.41, 5.74) is 0.476. The molecule has 0 unspecified atom stereocenters. The highest BCUT2D eigenvalue weighted by atomic mass is 127. The summed E-state index contributed by atoms with van der Waals surface area (Å²) in [4.78, 5) is 12.1. The molecule has 0 atom stereocenters. The number of hydrogen-bond acceptors (Lipinski definition) is 3. The van der Waals surface area contributed by atoms with Gasteiger partial charge in [-0.25, -0.2) is 4.79 Å². The summed E-state index contributed by atoms with van der Waals surface area (Å²) >= 11 is 5.61. The molecular formula is C16H14BrIO3. The van der Waals surface area contributed by atoms with Gasteiger partial charge in [-0.05, 0) is 87.4 Å². The van der Waals surface area contributed by atoms with Crippen molar-refractivity contribution in [3.8, 4) is 11.5 Å². The molecule has 0 aliphatic rings. The molecule has 0 aromatic heterocycles. The van der Waals surface area contributed by atoms with Crippen LogP contribution in [0.4, 0.5) is 0 Å². The number of halogens is 2. The number of carbonyl (C=O) groups excluding carboxylic acids is 1. The van der Waals surface area contributed by atoms with Gasteiger partial charge in [0.25, 0.3) is 0 Å². The largest absolute Gasteiger partial charge is 0.492 e. The average molecular weight is 461 g/mol. The number of hydrogen-bond donors (Lipinski definition) is 0. The maximum Gasteiger partial charge on any atom is 0.343 e. The van der Waals surface area contributed by atoms with Crippen molar-refractivity contribution in [1.29, 1.82) is 0 Å². The Bertz CT molecular complexity index is 626. The minimum atomic E-state index is -0.390. The average Bonchev–Trinajstić information content (AvgIpc) is 2.48. The van der Waals surface area contributed by atoms with E-state index in [4.69, 9.17) is 9.47 Å². The lowest BCUT2D eigenvalue weighted by molar-refractivity contribution is 0.0734. The quantitative estimate of drug-likeness (QED) is 0.355. The van der Waals surface area contributed by atoms with Crippen LogP contribution in [0.5, 0.6) is 11.5 Å². The Morgan fingerprint density at radius 1 is 1.19 bits per heavy atom. The SMILES string of the molecule is CCCOc1ccc(C(=O)Oc2ccc(I)cc2)cc1Br. The van der Waals surface area contributed by atoms with Crippen molar-refractivity contribution in [1.82, 2.24) is 0 Å². The Morgan fingerprint density at radius 2 is 1.90 bits per heavy atom. The Hall–Kier alpha value is -1.08. The van der Waals surface area contributed by atoms with E-state index in [0.29, 0.717) is 17.9 Å². The van der Waals surface area contributed by atoms with Crippen molar-refractivity contribution < 1.29 is 14.3 Å². The van der Waals surface area contributed by atoms with E-state index >= 15 is 0 Å². The molecule has 0 heterocycles. The van der Waals surface area contributed by atoms with Crippen LogP contribution in [-0.4, -0.2) is 12.6 Å². The fourth-order valence-electron chi connectivity index (χ4n) is 1.63. The zero-order valence-corrected chi connectivity index (χ0v) is 15.2. The zero-order valence-electron chi connectivity index (χ0n) is 11.4. The molecule has 0 amide bonds. The fourth-order valence-corrected chi connectivity index (χ4v) is 2.48. The lowest BCUT2D eigenvalue weighted by Gasteiger charge is -2.09. The van der Waals surface area contributed by atoms with E-state index in [-0.39, 0.29) is 5.97 Å². The monoisotopic (exact) mass is 460 g/mol. The van der Waals surface area contributed by atoms with Crippen LogP contribution in [-0.2, 0) is 0 Å². The van der Waals surface area contributed by atoms with E-state index in [1.54, 1.807) is 30.3 Å². The molecule has 2 aromatic carbocycles. The molecule has 0 radical (unpaired) electrons. The number of ether oxygens (including phenoxy) is 2. The Labute approximate surface area is 145 Å². The van der Waals surface area contributed by atoms with Crippen LogP contribution in [0.3, 0.4) is 0 Å². The van der Waals surface area contributed by atoms with E-state index in [0.717, 1.165) is 20.2 Å². The van der Waals surface area contributed by atoms with Crippen LogP contribution in [0.15, 0.2) is 46.9 Å². The molecule has 0 saturated carbocycles. The van der Waals surface area contributed by atoms with Crippen molar-refractivity contribution in [2.75, 3.05) is 6.61 Å². The molecule has 0 bridgehead atoms. The third-order valence-corrected chi connectivity index (χ3v) is 3.99. The third kappa shape index (κ3) is 4.71. The lowest BCUT2D eigenvalue weighted by atomic mass is 10.2. The topological polar surface area (TPSA) is 35.5 Å². The molecule has 21 heavy (non-hydrogen) atoms. The molecule has 0 fully saturated rings. The van der Waals surface area contributed by atoms with Gasteiger partial charge in [0, 0.05) is 3.57 Å². The van der Waals surface area contributed by atoms with Crippen molar-refractivity contribution in [3.63, 3.8) is 0 Å². The number of benzene rings is 2. The number of carbonyl (C=O) groups is 1. The highest BCUT2D eigenvalue weighted by Crippen LogP contribution is 2.27. The second kappa shape index (κ2) is 7.79. The summed E-state index contributed by atoms with van der Waals surface area (Å²) in [5.74, 6) is 0.865. The van der Waals surface area contributed by atoms with Crippen molar-refractivity contribution in [2.24, 2.45) is 0 Å². The molecular weight excluding hydrogens is 447 g/mol. The lowest BCUT2D eigenvalue weighted by Crippen LogP contribution is -2.08. The van der Waals surface area contributed by atoms with Gasteiger partial charge >= 0.3 is 5.97 Å². The molecule has 2 aromatic rings. The van der Waals surface area contributed by atoms with Crippen LogP contribution in [0, 0.1) is 3.57 Å². The number of rotatable bonds is 5. The van der Waals surface area contributed by atoms with E-state index in [9.17, 15) is 4.79 Å². The van der Waals surface area contributed by atoms with Gasteiger partial charge in [-0.3, -0.25) is 0 Å². The second-order valence-electron chi connectivity index (χ2n) is 4.34. The van der Waals surface area contributed by atoms with E-state index < -0.39 is 0 Å². The minimum absolute atomic E-state index is 0.390. The van der Waals surface area contributed by atoms with Gasteiger partial charge in [0.1, 0.15) is 11.5 Å². The van der Waals surface area contributed by atoms with Crippen LogP contribution < -0.4 is 9.47 Å². The molecule has 3 nitrogen and oxygen atoms in total. The summed E-state index contributed by atoms with van der Waals surface area (Å²) in [7, 11) is 0. The Kier molecular flexibility index (Phi) is 6.05. The van der Waals surface area contributed by atoms with Crippen molar-refractivity contribution in [3.05, 3.63) is 56.1 Å². The standard InChI is InChI=1S/C16H14BrIO3/c1-2-9-20-15-8-3-11(10-14(15)17)16(19)21-13-6-4-12(18)5-7-13/h3-8,10H,2,9H2,1H3. The highest BCUT2D eigenvalue weighted by Gasteiger charge is 2.11. The highest BCUT2D eigenvalue weighted by molar-refractivity contribution is 14.1. The van der Waals surface area contributed by atoms with Gasteiger partial charge in [-0.2, -0.15) is 0 Å². The van der Waals surface area contributed by atoms with Crippen molar-refractivity contribution in [2.45, 2.75) is 13.3 Å². The predicted octanol–water partition coefficient (Wildman–Crippen LogP) is 5.06. The van der Waals surface area contributed by atoms with Crippen LogP contribution in [0.25, 0.3) is 0 Å². The van der Waals surface area contributed by atoms with Crippen molar-refractivity contribution >= 4 is 44.5 Å². The first-order valence-corrected chi connectivity index (χ1v) is 8.37. The normalized spacial score (nSPS) is 10.2. The van der Waals surface area contributed by atoms with Crippen LogP contribution in [0.2, 0.25) is 0 Å². The summed E-state index contributed by atoms with van der Waals surface area (Å²) in [6, 6.07) is 12.5. The summed E-state index contributed by atoms with van der Waals surface area (Å²) in [5, 5.41) is 0. The van der Waals surface area contributed by atoms with Gasteiger partial charge in [0.2, 0.25) is 0 Å². The van der Waals surface area contributed by atoms with E-state index in [1.165, 1.54) is 0 Å². The van der Waals surface area contributed by atoms with E-state index in [2.05, 4.69) is 38.5 Å². The maximum absolute atomic E-state index is 12.1. The summed E-state index contributed by atoms with van der Waals surface area (Å²) in [6.07, 6.45) is 0.934. The summed E-state index contributed by atoms with van der Waals surface area (Å²) < 4.78 is 12.7. The molecule has 2 rings (SSSR count). The Morgan fingerprint density at radius 3 is 2.52 bits per heavy atom. The summed E-state index contributed by atoms with van der Waals surface area (Å²) in [6.45, 7) is 2.69. The molecule has 0 spiro atoms. The molecule has 0 aliphatic heterocycles. The first-order valence-electron chi connectivity index (χ1n) is 6.50. The van der Waals surface area contributed by atoms with Crippen LogP contribution >= 0.6 is 38.5 Å². The maximum atomic E-state index is 12.1. The molecule has 0 N–H and O–H groups in total. The van der Waals surface area contributed by atoms with Crippen LogP contribution in [0.1, 0.15) is 23.7 Å². The van der Waals surface area contributed by atoms with Gasteiger partial charge < -0.3 is 9.47 Å². The van der Waals surface area contributed by atoms with Gasteiger partial charge in [0.15, 0.2) is 0 Å². The minimum Gasteiger partial charge on any atom is -0.492 e. The van der Waals surface area contributed by atoms with E-state index in [1.807, 2.05) is 19.1 Å². The Balaban J connectivity index is 2.08. The fraction of sp³-hybridized carbons (Fsp3) is 0.188. The first-order chi connectivity index (χ1) is 10.1. The first kappa shape index (κ1) is 16.3. The smallest absolute Gasteiger partial charge is 0.343 e. The molecule has 0 saturated heterocycles. The number of esters is 1. The molecule has 0 aliphatic carbocycles. The molecule has 5 heteroatoms.